The number of nitrogens with one attached hydrogen (secondary N) is 3. The number of nitrogens with zero attached hydrogens (tertiary/aromatic N) is 1. The summed E-state index contributed by atoms with van der Waals surface area (Å²) in [6.45, 7) is 5.46. The van der Waals surface area contributed by atoms with Gasteiger partial charge < -0.3 is 25.6 Å². The van der Waals surface area contributed by atoms with E-state index >= 15 is 0 Å². The maximum atomic E-state index is 12.5. The van der Waals surface area contributed by atoms with Crippen molar-refractivity contribution >= 4 is 35.0 Å². The second-order valence-corrected chi connectivity index (χ2v) is 8.20. The predicted molar refractivity (Wildman–Crippen MR) is 123 cm³/mol. The topological polar surface area (TPSA) is 99.8 Å². The molecule has 166 valence electrons. The molecular formula is C23H30N4O4. The van der Waals surface area contributed by atoms with Crippen LogP contribution in [0.15, 0.2) is 48.5 Å². The maximum Gasteiger partial charge on any atom is 0.407 e. The largest absolute Gasteiger partial charge is 0.444 e. The van der Waals surface area contributed by atoms with Crippen LogP contribution in [0.1, 0.15) is 37.6 Å². The number of alkyl carbamates (subject to hydrolysis) is 1. The smallest absolute Gasteiger partial charge is 0.407 e. The first kappa shape index (κ1) is 23.7. The third-order valence-corrected chi connectivity index (χ3v) is 4.07. The Labute approximate surface area is 183 Å². The molecule has 0 bridgehead atoms. The first-order chi connectivity index (χ1) is 14.5. The highest BCUT2D eigenvalue weighted by Gasteiger charge is 2.16. The summed E-state index contributed by atoms with van der Waals surface area (Å²) in [7, 11) is 3.87. The van der Waals surface area contributed by atoms with Crippen LogP contribution in [0.4, 0.5) is 21.9 Å². The lowest BCUT2D eigenvalue weighted by Gasteiger charge is -2.19. The molecule has 2 aromatic rings. The number of rotatable bonds is 7. The summed E-state index contributed by atoms with van der Waals surface area (Å²) in [5.41, 5.74) is 2.05. The van der Waals surface area contributed by atoms with Gasteiger partial charge in [0.15, 0.2) is 0 Å². The molecule has 0 saturated carbocycles. The van der Waals surface area contributed by atoms with Gasteiger partial charge in [-0.25, -0.2) is 4.79 Å². The average Bonchev–Trinajstić information content (AvgIpc) is 2.67. The van der Waals surface area contributed by atoms with E-state index < -0.39 is 11.7 Å². The SMILES string of the molecule is CN(C)c1ccc(C(=O)Nc2cccc(NC(=O)CCNC(=O)OC(C)(C)C)c2)cc1. The van der Waals surface area contributed by atoms with Gasteiger partial charge in [0.25, 0.3) is 5.91 Å². The van der Waals surface area contributed by atoms with E-state index in [1.54, 1.807) is 57.2 Å². The summed E-state index contributed by atoms with van der Waals surface area (Å²) in [6, 6.07) is 14.1. The fourth-order valence-corrected chi connectivity index (χ4v) is 2.60. The van der Waals surface area contributed by atoms with Gasteiger partial charge in [-0.2, -0.15) is 0 Å². The molecular weight excluding hydrogens is 396 g/mol. The fraction of sp³-hybridized carbons (Fsp3) is 0.348. The van der Waals surface area contributed by atoms with E-state index in [0.717, 1.165) is 5.69 Å². The minimum absolute atomic E-state index is 0.0913. The number of benzene rings is 2. The second-order valence-electron chi connectivity index (χ2n) is 8.20. The standard InChI is InChI=1S/C23H30N4O4/c1-23(2,3)31-22(30)24-14-13-20(28)25-17-7-6-8-18(15-17)26-21(29)16-9-11-19(12-10-16)27(4)5/h6-12,15H,13-14H2,1-5H3,(H,24,30)(H,25,28)(H,26,29). The summed E-state index contributed by atoms with van der Waals surface area (Å²) in [4.78, 5) is 38.2. The van der Waals surface area contributed by atoms with E-state index in [-0.39, 0.29) is 24.8 Å². The molecule has 0 atom stereocenters. The first-order valence-electron chi connectivity index (χ1n) is 9.99. The molecule has 0 unspecified atom stereocenters. The molecule has 2 aromatic carbocycles. The molecule has 0 saturated heterocycles. The van der Waals surface area contributed by atoms with Crippen molar-refractivity contribution in [1.82, 2.24) is 5.32 Å². The highest BCUT2D eigenvalue weighted by atomic mass is 16.6. The number of carbonyl (C=O) groups is 3. The van der Waals surface area contributed by atoms with Gasteiger partial charge in [0.1, 0.15) is 5.60 Å². The van der Waals surface area contributed by atoms with E-state index in [1.165, 1.54) is 0 Å². The molecule has 0 aliphatic heterocycles. The molecule has 0 aliphatic carbocycles. The Morgan fingerprint density at radius 2 is 1.55 bits per heavy atom. The number of hydrogen-bond donors (Lipinski definition) is 3. The van der Waals surface area contributed by atoms with E-state index in [9.17, 15) is 14.4 Å². The maximum absolute atomic E-state index is 12.5. The molecule has 8 heteroatoms. The summed E-state index contributed by atoms with van der Waals surface area (Å²) in [6.07, 6.45) is -0.475. The van der Waals surface area contributed by atoms with Gasteiger partial charge in [0.2, 0.25) is 5.91 Å². The van der Waals surface area contributed by atoms with E-state index in [4.69, 9.17) is 4.74 Å². The molecule has 31 heavy (non-hydrogen) atoms. The Morgan fingerprint density at radius 1 is 0.935 bits per heavy atom. The molecule has 3 N–H and O–H groups in total. The lowest BCUT2D eigenvalue weighted by molar-refractivity contribution is -0.116. The normalized spacial score (nSPS) is 10.7. The molecule has 0 spiro atoms. The van der Waals surface area contributed by atoms with Crippen molar-refractivity contribution in [1.29, 1.82) is 0 Å². The monoisotopic (exact) mass is 426 g/mol. The van der Waals surface area contributed by atoms with E-state index in [0.29, 0.717) is 16.9 Å². The number of hydrogen-bond acceptors (Lipinski definition) is 5. The lowest BCUT2D eigenvalue weighted by atomic mass is 10.2. The van der Waals surface area contributed by atoms with Gasteiger partial charge in [-0.1, -0.05) is 6.07 Å². The van der Waals surface area contributed by atoms with Crippen LogP contribution in [0, 0.1) is 0 Å². The fourth-order valence-electron chi connectivity index (χ4n) is 2.60. The Hall–Kier alpha value is -3.55. The molecule has 0 aliphatic rings. The van der Waals surface area contributed by atoms with Gasteiger partial charge in [0, 0.05) is 49.7 Å². The van der Waals surface area contributed by atoms with Crippen LogP contribution in [0.5, 0.6) is 0 Å². The van der Waals surface area contributed by atoms with Crippen molar-refractivity contribution < 1.29 is 19.1 Å². The van der Waals surface area contributed by atoms with Crippen LogP contribution < -0.4 is 20.9 Å². The zero-order valence-corrected chi connectivity index (χ0v) is 18.6. The van der Waals surface area contributed by atoms with Crippen LogP contribution in [0.3, 0.4) is 0 Å². The van der Waals surface area contributed by atoms with Gasteiger partial charge in [-0.15, -0.1) is 0 Å². The molecule has 0 aromatic heterocycles. The zero-order chi connectivity index (χ0) is 23.0. The summed E-state index contributed by atoms with van der Waals surface area (Å²) >= 11 is 0. The molecule has 0 fully saturated rings. The van der Waals surface area contributed by atoms with Gasteiger partial charge in [-0.3, -0.25) is 9.59 Å². The minimum atomic E-state index is -0.592. The molecule has 3 amide bonds. The highest BCUT2D eigenvalue weighted by Crippen LogP contribution is 2.18. The first-order valence-corrected chi connectivity index (χ1v) is 9.99. The second kappa shape index (κ2) is 10.5. The van der Waals surface area contributed by atoms with Gasteiger partial charge >= 0.3 is 6.09 Å². The predicted octanol–water partition coefficient (Wildman–Crippen LogP) is 3.86. The third kappa shape index (κ3) is 8.38. The van der Waals surface area contributed by atoms with Crippen molar-refractivity contribution in [3.63, 3.8) is 0 Å². The molecule has 8 nitrogen and oxygen atoms in total. The van der Waals surface area contributed by atoms with Crippen LogP contribution in [-0.4, -0.2) is 44.1 Å². The van der Waals surface area contributed by atoms with Crippen LogP contribution >= 0.6 is 0 Å². The van der Waals surface area contributed by atoms with Crippen molar-refractivity contribution in [3.8, 4) is 0 Å². The van der Waals surface area contributed by atoms with Crippen molar-refractivity contribution in [2.24, 2.45) is 0 Å². The Bertz CT molecular complexity index is 918. The Kier molecular flexibility index (Phi) is 8.01. The number of anilines is 3. The summed E-state index contributed by atoms with van der Waals surface area (Å²) in [5, 5.41) is 8.11. The number of carbonyl (C=O) groups excluding carboxylic acids is 3. The Balaban J connectivity index is 1.86. The number of amides is 3. The lowest BCUT2D eigenvalue weighted by Crippen LogP contribution is -2.34. The van der Waals surface area contributed by atoms with E-state index in [2.05, 4.69) is 16.0 Å². The summed E-state index contributed by atoms with van der Waals surface area (Å²) in [5.74, 6) is -0.505. The molecule has 0 radical (unpaired) electrons. The highest BCUT2D eigenvalue weighted by molar-refractivity contribution is 6.04. The van der Waals surface area contributed by atoms with Gasteiger partial charge in [-0.05, 0) is 63.2 Å². The summed E-state index contributed by atoms with van der Waals surface area (Å²) < 4.78 is 5.12. The quantitative estimate of drug-likeness (QED) is 0.624. The van der Waals surface area contributed by atoms with Gasteiger partial charge in [0.05, 0.1) is 0 Å². The van der Waals surface area contributed by atoms with Crippen LogP contribution in [0.25, 0.3) is 0 Å². The van der Waals surface area contributed by atoms with Crippen molar-refractivity contribution in [3.05, 3.63) is 54.1 Å². The molecule has 2 rings (SSSR count). The van der Waals surface area contributed by atoms with E-state index in [1.807, 2.05) is 31.1 Å². The minimum Gasteiger partial charge on any atom is -0.444 e. The Morgan fingerprint density at radius 3 is 2.13 bits per heavy atom. The molecule has 0 heterocycles. The van der Waals surface area contributed by atoms with Crippen molar-refractivity contribution in [2.45, 2.75) is 32.8 Å². The average molecular weight is 427 g/mol. The van der Waals surface area contributed by atoms with Crippen LogP contribution in [-0.2, 0) is 9.53 Å². The zero-order valence-electron chi connectivity index (χ0n) is 18.6. The van der Waals surface area contributed by atoms with Crippen molar-refractivity contribution in [2.75, 3.05) is 36.2 Å². The number of ether oxygens (including phenoxy) is 1. The van der Waals surface area contributed by atoms with Crippen LogP contribution in [0.2, 0.25) is 0 Å². The third-order valence-electron chi connectivity index (χ3n) is 4.07.